The molecule has 4 rings (SSSR count). The molecular formula is C20H28O4. The van der Waals surface area contributed by atoms with E-state index in [0.717, 1.165) is 36.7 Å². The van der Waals surface area contributed by atoms with Crippen LogP contribution in [0.4, 0.5) is 0 Å². The predicted molar refractivity (Wildman–Crippen MR) is 90.2 cm³/mol. The number of fused-ring (bicyclic) bond motifs is 2. The van der Waals surface area contributed by atoms with Gasteiger partial charge in [-0.3, -0.25) is 4.79 Å². The van der Waals surface area contributed by atoms with Gasteiger partial charge in [0.15, 0.2) is 0 Å². The predicted octanol–water partition coefficient (Wildman–Crippen LogP) is 2.39. The SMILES string of the molecule is CC(C)=C[C@@H]1C=C(C=O)[C@H]2CC[C@@]3(C)C[C@@]4(OC4CC3O)[C@@H]2[C@H]1O. The maximum atomic E-state index is 11.8. The Balaban J connectivity index is 1.78. The summed E-state index contributed by atoms with van der Waals surface area (Å²) in [6, 6.07) is 0. The van der Waals surface area contributed by atoms with E-state index in [9.17, 15) is 15.0 Å². The van der Waals surface area contributed by atoms with Crippen LogP contribution in [0.1, 0.15) is 46.5 Å². The van der Waals surface area contributed by atoms with Gasteiger partial charge in [-0.05, 0) is 50.0 Å². The van der Waals surface area contributed by atoms with Gasteiger partial charge in [0.1, 0.15) is 11.9 Å². The number of allylic oxidation sites excluding steroid dienone is 2. The van der Waals surface area contributed by atoms with Gasteiger partial charge in [-0.25, -0.2) is 0 Å². The van der Waals surface area contributed by atoms with Gasteiger partial charge in [0.2, 0.25) is 0 Å². The Labute approximate surface area is 143 Å². The summed E-state index contributed by atoms with van der Waals surface area (Å²) in [6.07, 6.45) is 7.27. The zero-order valence-electron chi connectivity index (χ0n) is 14.7. The zero-order chi connectivity index (χ0) is 17.3. The van der Waals surface area contributed by atoms with E-state index in [1.807, 2.05) is 19.9 Å². The Morgan fingerprint density at radius 2 is 2.12 bits per heavy atom. The highest BCUT2D eigenvalue weighted by Gasteiger charge is 2.72. The highest BCUT2D eigenvalue weighted by atomic mass is 16.6. The fourth-order valence-electron chi connectivity index (χ4n) is 5.78. The number of ether oxygens (including phenoxy) is 1. The van der Waals surface area contributed by atoms with Crippen molar-refractivity contribution < 1.29 is 19.7 Å². The molecule has 2 saturated carbocycles. The lowest BCUT2D eigenvalue weighted by Crippen LogP contribution is -2.50. The van der Waals surface area contributed by atoms with Crippen LogP contribution in [0.3, 0.4) is 0 Å². The van der Waals surface area contributed by atoms with Crippen molar-refractivity contribution in [2.45, 2.75) is 70.4 Å². The maximum absolute atomic E-state index is 11.8. The van der Waals surface area contributed by atoms with Gasteiger partial charge in [0, 0.05) is 18.3 Å². The van der Waals surface area contributed by atoms with Crippen LogP contribution in [0.2, 0.25) is 0 Å². The van der Waals surface area contributed by atoms with Crippen molar-refractivity contribution in [1.29, 1.82) is 0 Å². The van der Waals surface area contributed by atoms with E-state index in [2.05, 4.69) is 13.0 Å². The first-order valence-electron chi connectivity index (χ1n) is 9.16. The van der Waals surface area contributed by atoms with E-state index >= 15 is 0 Å². The molecule has 2 bridgehead atoms. The summed E-state index contributed by atoms with van der Waals surface area (Å²) in [6.45, 7) is 6.17. The van der Waals surface area contributed by atoms with Crippen molar-refractivity contribution in [3.05, 3.63) is 23.3 Å². The number of aldehydes is 1. The molecule has 4 aliphatic rings. The molecule has 1 saturated heterocycles. The van der Waals surface area contributed by atoms with Gasteiger partial charge in [0.05, 0.1) is 18.3 Å². The molecule has 0 aromatic rings. The second-order valence-electron chi connectivity index (χ2n) is 8.91. The average molecular weight is 332 g/mol. The Kier molecular flexibility index (Phi) is 3.62. The molecule has 3 aliphatic carbocycles. The molecule has 24 heavy (non-hydrogen) atoms. The van der Waals surface area contributed by atoms with Crippen molar-refractivity contribution in [2.75, 3.05) is 0 Å². The number of aliphatic hydroxyl groups is 2. The van der Waals surface area contributed by atoms with Crippen LogP contribution in [0.5, 0.6) is 0 Å². The molecule has 0 amide bonds. The second-order valence-corrected chi connectivity index (χ2v) is 8.91. The minimum absolute atomic E-state index is 0.0270. The zero-order valence-corrected chi connectivity index (χ0v) is 14.7. The molecule has 4 nitrogen and oxygen atoms in total. The summed E-state index contributed by atoms with van der Waals surface area (Å²) in [5, 5.41) is 21.7. The largest absolute Gasteiger partial charge is 0.392 e. The van der Waals surface area contributed by atoms with E-state index in [1.54, 1.807) is 0 Å². The Bertz CT molecular complexity index is 619. The quantitative estimate of drug-likeness (QED) is 0.463. The van der Waals surface area contributed by atoms with E-state index in [-0.39, 0.29) is 41.0 Å². The van der Waals surface area contributed by atoms with Gasteiger partial charge in [-0.15, -0.1) is 0 Å². The van der Waals surface area contributed by atoms with E-state index in [1.165, 1.54) is 0 Å². The van der Waals surface area contributed by atoms with E-state index in [4.69, 9.17) is 4.74 Å². The molecule has 0 aromatic carbocycles. The highest BCUT2D eigenvalue weighted by molar-refractivity contribution is 5.75. The third kappa shape index (κ3) is 2.19. The van der Waals surface area contributed by atoms with Crippen LogP contribution in [0.25, 0.3) is 0 Å². The monoisotopic (exact) mass is 332 g/mol. The molecule has 1 spiro atoms. The van der Waals surface area contributed by atoms with Gasteiger partial charge in [-0.2, -0.15) is 0 Å². The standard InChI is InChI=1S/C20H28O4/c1-11(2)6-12-7-13(9-21)14-4-5-19(3)10-20(17(14)18(12)23)16(24-20)8-15(19)22/h6-7,9,12,14-18,22-23H,4-5,8,10H2,1-3H3/t12-,14-,15?,16?,17+,18+,19+,20+/m1/s1. The van der Waals surface area contributed by atoms with Crippen LogP contribution in [0, 0.1) is 23.2 Å². The average Bonchev–Trinajstić information content (AvgIpc) is 3.21. The van der Waals surface area contributed by atoms with Crippen molar-refractivity contribution in [3.63, 3.8) is 0 Å². The Morgan fingerprint density at radius 3 is 2.79 bits per heavy atom. The number of hydrogen-bond donors (Lipinski definition) is 2. The van der Waals surface area contributed by atoms with Crippen molar-refractivity contribution in [2.24, 2.45) is 23.2 Å². The summed E-state index contributed by atoms with van der Waals surface area (Å²) in [4.78, 5) is 11.8. The molecule has 4 heteroatoms. The van der Waals surface area contributed by atoms with Crippen LogP contribution < -0.4 is 0 Å². The number of epoxide rings is 1. The second kappa shape index (κ2) is 5.26. The maximum Gasteiger partial charge on any atom is 0.146 e. The lowest BCUT2D eigenvalue weighted by Gasteiger charge is -2.43. The molecule has 0 radical (unpaired) electrons. The first-order valence-corrected chi connectivity index (χ1v) is 9.16. The molecule has 132 valence electrons. The first kappa shape index (κ1) is 16.5. The molecule has 1 heterocycles. The van der Waals surface area contributed by atoms with Crippen LogP contribution in [-0.4, -0.2) is 40.4 Å². The summed E-state index contributed by atoms with van der Waals surface area (Å²) >= 11 is 0. The number of rotatable bonds is 2. The van der Waals surface area contributed by atoms with Gasteiger partial charge >= 0.3 is 0 Å². The molecule has 0 aromatic heterocycles. The van der Waals surface area contributed by atoms with Gasteiger partial charge in [0.25, 0.3) is 0 Å². The van der Waals surface area contributed by atoms with Crippen LogP contribution in [-0.2, 0) is 9.53 Å². The number of carbonyl (C=O) groups is 1. The minimum Gasteiger partial charge on any atom is -0.392 e. The molecule has 3 fully saturated rings. The number of hydrogen-bond acceptors (Lipinski definition) is 4. The van der Waals surface area contributed by atoms with Gasteiger partial charge < -0.3 is 14.9 Å². The van der Waals surface area contributed by atoms with Crippen LogP contribution >= 0.6 is 0 Å². The lowest BCUT2D eigenvalue weighted by molar-refractivity contribution is -0.106. The minimum atomic E-state index is -0.531. The number of carbonyl (C=O) groups excluding carboxylic acids is 1. The molecular weight excluding hydrogens is 304 g/mol. The summed E-state index contributed by atoms with van der Waals surface area (Å²) in [7, 11) is 0. The van der Waals surface area contributed by atoms with E-state index in [0.29, 0.717) is 6.42 Å². The van der Waals surface area contributed by atoms with E-state index < -0.39 is 6.10 Å². The fraction of sp³-hybridized carbons (Fsp3) is 0.750. The Morgan fingerprint density at radius 1 is 1.38 bits per heavy atom. The lowest BCUT2D eigenvalue weighted by atomic mass is 9.61. The first-order chi connectivity index (χ1) is 11.3. The summed E-state index contributed by atoms with van der Waals surface area (Å²) in [5.41, 5.74) is 1.42. The summed E-state index contributed by atoms with van der Waals surface area (Å²) in [5.74, 6) is -0.147. The van der Waals surface area contributed by atoms with Crippen molar-refractivity contribution >= 4 is 6.29 Å². The molecule has 2 N–H and O–H groups in total. The molecule has 8 atom stereocenters. The topological polar surface area (TPSA) is 70.1 Å². The number of aliphatic hydroxyl groups excluding tert-OH is 2. The third-order valence-electron chi connectivity index (χ3n) is 7.03. The normalized spacial score (nSPS) is 52.3. The van der Waals surface area contributed by atoms with Crippen molar-refractivity contribution in [1.82, 2.24) is 0 Å². The fourth-order valence-corrected chi connectivity index (χ4v) is 5.78. The van der Waals surface area contributed by atoms with Crippen LogP contribution in [0.15, 0.2) is 23.3 Å². The highest BCUT2D eigenvalue weighted by Crippen LogP contribution is 2.65. The molecule has 2 unspecified atom stereocenters. The third-order valence-corrected chi connectivity index (χ3v) is 7.03. The van der Waals surface area contributed by atoms with Crippen molar-refractivity contribution in [3.8, 4) is 0 Å². The Hall–Kier alpha value is -0.970. The summed E-state index contributed by atoms with van der Waals surface area (Å²) < 4.78 is 6.15. The smallest absolute Gasteiger partial charge is 0.146 e. The van der Waals surface area contributed by atoms with Gasteiger partial charge in [-0.1, -0.05) is 24.6 Å². The molecule has 1 aliphatic heterocycles.